The number of thioether (sulfide) groups is 1. The van der Waals surface area contributed by atoms with Gasteiger partial charge in [0.25, 0.3) is 7.98 Å². The highest BCUT2D eigenvalue weighted by atomic mass is 32.2. The SMILES string of the molecule is Bn1nnnc1[C@H]1C(COC(C)=O)=CS[C@@H]2CC(=O)N12. The summed E-state index contributed by atoms with van der Waals surface area (Å²) in [4.78, 5) is 24.6. The Hall–Kier alpha value is -1.84. The fourth-order valence-electron chi connectivity index (χ4n) is 2.29. The molecular formula is C10H12BN5O3S. The molecule has 0 N–H and O–H groups in total. The minimum atomic E-state index is -0.359. The fraction of sp³-hybridized carbons (Fsp3) is 0.500. The molecule has 0 spiro atoms. The molecule has 0 unspecified atom stereocenters. The third kappa shape index (κ3) is 2.09. The van der Waals surface area contributed by atoms with Gasteiger partial charge in [-0.15, -0.1) is 16.9 Å². The lowest BCUT2D eigenvalue weighted by atomic mass is 10.0. The third-order valence-electron chi connectivity index (χ3n) is 3.29. The standard InChI is InChI=1S/C10H12BN5O3S/c1-5(17)19-3-6-4-20-8-2-7(18)15(8)9(6)10-12-13-14-16(10)11/h4,8-9H,2-3,11H2,1H3/t8-,9-/m1/s1. The Morgan fingerprint density at radius 1 is 1.65 bits per heavy atom. The van der Waals surface area contributed by atoms with Gasteiger partial charge in [0.05, 0.1) is 11.8 Å². The van der Waals surface area contributed by atoms with E-state index in [2.05, 4.69) is 15.5 Å². The predicted molar refractivity (Wildman–Crippen MR) is 72.1 cm³/mol. The van der Waals surface area contributed by atoms with Crippen molar-refractivity contribution in [2.45, 2.75) is 24.8 Å². The third-order valence-corrected chi connectivity index (χ3v) is 4.44. The summed E-state index contributed by atoms with van der Waals surface area (Å²) in [6.45, 7) is 1.49. The van der Waals surface area contributed by atoms with E-state index in [9.17, 15) is 9.59 Å². The summed E-state index contributed by atoms with van der Waals surface area (Å²) in [5.74, 6) is 0.272. The van der Waals surface area contributed by atoms with E-state index in [-0.39, 0.29) is 29.9 Å². The van der Waals surface area contributed by atoms with E-state index >= 15 is 0 Å². The van der Waals surface area contributed by atoms with Crippen LogP contribution in [-0.2, 0) is 14.3 Å². The van der Waals surface area contributed by atoms with Gasteiger partial charge >= 0.3 is 5.97 Å². The molecule has 2 aliphatic heterocycles. The first-order valence-corrected chi connectivity index (χ1v) is 7.03. The molecule has 104 valence electrons. The van der Waals surface area contributed by atoms with Crippen LogP contribution in [0.15, 0.2) is 11.0 Å². The first-order chi connectivity index (χ1) is 9.58. The molecule has 1 aromatic rings. The molecule has 1 saturated heterocycles. The lowest BCUT2D eigenvalue weighted by molar-refractivity contribution is -0.145. The van der Waals surface area contributed by atoms with Crippen LogP contribution < -0.4 is 0 Å². The first kappa shape index (κ1) is 13.2. The zero-order valence-corrected chi connectivity index (χ0v) is 11.8. The van der Waals surface area contributed by atoms with Crippen molar-refractivity contribution in [2.75, 3.05) is 6.61 Å². The van der Waals surface area contributed by atoms with Gasteiger partial charge in [-0.1, -0.05) is 5.21 Å². The lowest BCUT2D eigenvalue weighted by Crippen LogP contribution is -2.55. The number of esters is 1. The van der Waals surface area contributed by atoms with E-state index in [1.165, 1.54) is 11.5 Å². The second-order valence-electron chi connectivity index (χ2n) is 4.63. The summed E-state index contributed by atoms with van der Waals surface area (Å²) in [6.07, 6.45) is 0.518. The molecule has 1 amide bonds. The molecule has 1 aromatic heterocycles. The molecule has 8 nitrogen and oxygen atoms in total. The molecular weight excluding hydrogens is 281 g/mol. The Labute approximate surface area is 119 Å². The Morgan fingerprint density at radius 3 is 3.05 bits per heavy atom. The smallest absolute Gasteiger partial charge is 0.302 e. The van der Waals surface area contributed by atoms with Crippen LogP contribution in [0.3, 0.4) is 0 Å². The van der Waals surface area contributed by atoms with Crippen LogP contribution in [0.2, 0.25) is 0 Å². The largest absolute Gasteiger partial charge is 0.461 e. The van der Waals surface area contributed by atoms with Crippen LogP contribution in [0.4, 0.5) is 0 Å². The van der Waals surface area contributed by atoms with Gasteiger partial charge in [-0.2, -0.15) is 0 Å². The van der Waals surface area contributed by atoms with Gasteiger partial charge in [-0.3, -0.25) is 14.2 Å². The summed E-state index contributed by atoms with van der Waals surface area (Å²) < 4.78 is 6.59. The minimum absolute atomic E-state index is 0.0592. The number of hydrogen-bond acceptors (Lipinski definition) is 7. The van der Waals surface area contributed by atoms with Gasteiger partial charge < -0.3 is 9.64 Å². The van der Waals surface area contributed by atoms with Crippen molar-refractivity contribution >= 4 is 31.6 Å². The van der Waals surface area contributed by atoms with Crippen molar-refractivity contribution in [3.63, 3.8) is 0 Å². The summed E-state index contributed by atoms with van der Waals surface area (Å²) in [6, 6.07) is -0.359. The molecule has 2 atom stereocenters. The Morgan fingerprint density at radius 2 is 2.45 bits per heavy atom. The van der Waals surface area contributed by atoms with Crippen molar-refractivity contribution in [1.82, 2.24) is 25.0 Å². The molecule has 20 heavy (non-hydrogen) atoms. The van der Waals surface area contributed by atoms with Gasteiger partial charge in [-0.25, -0.2) is 0 Å². The Kier molecular flexibility index (Phi) is 3.24. The van der Waals surface area contributed by atoms with E-state index in [0.29, 0.717) is 12.2 Å². The zero-order valence-electron chi connectivity index (χ0n) is 11.0. The first-order valence-electron chi connectivity index (χ1n) is 6.09. The monoisotopic (exact) mass is 293 g/mol. The Bertz CT molecular complexity index is 603. The van der Waals surface area contributed by atoms with Crippen LogP contribution in [0.25, 0.3) is 0 Å². The number of hydrogen-bond donors (Lipinski definition) is 0. The van der Waals surface area contributed by atoms with Crippen molar-refractivity contribution in [3.8, 4) is 0 Å². The number of amides is 1. The molecule has 3 heterocycles. The summed E-state index contributed by atoms with van der Waals surface area (Å²) in [7, 11) is 1.72. The van der Waals surface area contributed by atoms with Crippen LogP contribution in [0.5, 0.6) is 0 Å². The quantitative estimate of drug-likeness (QED) is 0.395. The highest BCUT2D eigenvalue weighted by Gasteiger charge is 2.47. The molecule has 0 saturated carbocycles. The van der Waals surface area contributed by atoms with E-state index < -0.39 is 0 Å². The van der Waals surface area contributed by atoms with E-state index in [1.54, 1.807) is 24.6 Å². The number of carbonyl (C=O) groups is 2. The molecule has 10 heteroatoms. The van der Waals surface area contributed by atoms with Crippen LogP contribution in [0, 0.1) is 0 Å². The number of tetrazole rings is 1. The van der Waals surface area contributed by atoms with Gasteiger partial charge in [0.2, 0.25) is 5.91 Å². The van der Waals surface area contributed by atoms with Crippen LogP contribution in [0.1, 0.15) is 25.2 Å². The molecule has 0 bridgehead atoms. The van der Waals surface area contributed by atoms with Gasteiger partial charge in [0.15, 0.2) is 5.82 Å². The number of β-lactam (4-membered cyclic amide) rings is 1. The number of rotatable bonds is 3. The number of aromatic nitrogens is 4. The van der Waals surface area contributed by atoms with E-state index in [1.807, 2.05) is 5.41 Å². The van der Waals surface area contributed by atoms with Gasteiger partial charge in [0.1, 0.15) is 12.6 Å². The number of carbonyl (C=O) groups excluding carboxylic acids is 2. The fourth-order valence-corrected chi connectivity index (χ4v) is 3.43. The van der Waals surface area contributed by atoms with E-state index in [4.69, 9.17) is 4.74 Å². The maximum absolute atomic E-state index is 11.9. The maximum Gasteiger partial charge on any atom is 0.302 e. The van der Waals surface area contributed by atoms with Crippen LogP contribution >= 0.6 is 11.8 Å². The number of fused-ring (bicyclic) bond motifs is 1. The number of nitrogens with zero attached hydrogens (tertiary/aromatic N) is 5. The topological polar surface area (TPSA) is 90.2 Å². The average Bonchev–Trinajstić information content (AvgIpc) is 2.81. The second kappa shape index (κ2) is 4.93. The Balaban J connectivity index is 1.92. The van der Waals surface area contributed by atoms with Crippen molar-refractivity contribution < 1.29 is 14.3 Å². The zero-order chi connectivity index (χ0) is 14.3. The lowest BCUT2D eigenvalue weighted by Gasteiger charge is -2.47. The van der Waals surface area contributed by atoms with Crippen molar-refractivity contribution in [2.24, 2.45) is 0 Å². The molecule has 1 fully saturated rings. The van der Waals surface area contributed by atoms with Crippen LogP contribution in [-0.4, -0.2) is 56.9 Å². The van der Waals surface area contributed by atoms with Crippen molar-refractivity contribution in [3.05, 3.63) is 16.8 Å². The van der Waals surface area contributed by atoms with Crippen molar-refractivity contribution in [1.29, 1.82) is 0 Å². The summed E-state index contributed by atoms with van der Waals surface area (Å²) in [5, 5.41) is 13.5. The summed E-state index contributed by atoms with van der Waals surface area (Å²) in [5.41, 5.74) is 0.812. The molecule has 3 rings (SSSR count). The minimum Gasteiger partial charge on any atom is -0.461 e. The predicted octanol–water partition coefficient (Wildman–Crippen LogP) is -1.14. The molecule has 0 radical (unpaired) electrons. The molecule has 0 aliphatic carbocycles. The second-order valence-corrected chi connectivity index (χ2v) is 5.68. The highest BCUT2D eigenvalue weighted by Crippen LogP contribution is 2.45. The van der Waals surface area contributed by atoms with Gasteiger partial charge in [0, 0.05) is 12.5 Å². The molecule has 0 aromatic carbocycles. The summed E-state index contributed by atoms with van der Waals surface area (Å²) >= 11 is 1.56. The highest BCUT2D eigenvalue weighted by molar-refractivity contribution is 8.02. The van der Waals surface area contributed by atoms with E-state index in [0.717, 1.165) is 5.57 Å². The maximum atomic E-state index is 11.9. The molecule has 2 aliphatic rings. The average molecular weight is 293 g/mol. The normalized spacial score (nSPS) is 24.8. The number of ether oxygens (including phenoxy) is 1. The van der Waals surface area contributed by atoms with Gasteiger partial charge in [-0.05, 0) is 10.6 Å².